The van der Waals surface area contributed by atoms with E-state index in [0.29, 0.717) is 53.3 Å². The van der Waals surface area contributed by atoms with Gasteiger partial charge in [-0.05, 0) is 42.9 Å². The highest BCUT2D eigenvalue weighted by molar-refractivity contribution is 6.05. The molecule has 0 aromatic heterocycles. The molecule has 0 saturated heterocycles. The highest BCUT2D eigenvalue weighted by Crippen LogP contribution is 2.48. The van der Waals surface area contributed by atoms with Crippen molar-refractivity contribution < 1.29 is 33.6 Å². The average Bonchev–Trinajstić information content (AvgIpc) is 3.58. The van der Waals surface area contributed by atoms with Gasteiger partial charge in [0, 0.05) is 6.07 Å². The molecule has 7 heteroatoms. The van der Waals surface area contributed by atoms with Crippen LogP contribution in [0.3, 0.4) is 0 Å². The lowest BCUT2D eigenvalue weighted by Gasteiger charge is -2.27. The van der Waals surface area contributed by atoms with Gasteiger partial charge in [-0.1, -0.05) is 6.07 Å². The van der Waals surface area contributed by atoms with Gasteiger partial charge in [-0.15, -0.1) is 0 Å². The van der Waals surface area contributed by atoms with Gasteiger partial charge in [-0.2, -0.15) is 0 Å². The summed E-state index contributed by atoms with van der Waals surface area (Å²) in [4.78, 5) is 13.4. The van der Waals surface area contributed by atoms with Crippen molar-refractivity contribution in [2.75, 3.05) is 34.5 Å². The number of phenolic OH excluding ortho intramolecular Hbond substituents is 1. The van der Waals surface area contributed by atoms with Gasteiger partial charge in [0.15, 0.2) is 28.8 Å². The molecule has 1 heterocycles. The number of hydrogen-bond acceptors (Lipinski definition) is 7. The average molecular weight is 414 g/mol. The van der Waals surface area contributed by atoms with Gasteiger partial charge >= 0.3 is 0 Å². The van der Waals surface area contributed by atoms with Crippen LogP contribution in [0.15, 0.2) is 24.3 Å². The molecule has 1 N–H and O–H groups in total. The van der Waals surface area contributed by atoms with Crippen molar-refractivity contribution in [1.82, 2.24) is 0 Å². The Labute approximate surface area is 175 Å². The van der Waals surface area contributed by atoms with Crippen LogP contribution in [0.1, 0.15) is 28.8 Å². The number of ether oxygens (including phenoxy) is 5. The highest BCUT2D eigenvalue weighted by Gasteiger charge is 2.36. The normalized spacial score (nSPS) is 17.7. The first-order valence-electron chi connectivity index (χ1n) is 10.00. The van der Waals surface area contributed by atoms with Crippen LogP contribution in [-0.4, -0.2) is 45.4 Å². The Kier molecular flexibility index (Phi) is 5.61. The third-order valence-electron chi connectivity index (χ3n) is 5.53. The van der Waals surface area contributed by atoms with Crippen LogP contribution >= 0.6 is 0 Å². The van der Waals surface area contributed by atoms with E-state index >= 15 is 0 Å². The van der Waals surface area contributed by atoms with Crippen LogP contribution in [0.4, 0.5) is 0 Å². The molecule has 2 aromatic rings. The Morgan fingerprint density at radius 3 is 2.43 bits per heavy atom. The van der Waals surface area contributed by atoms with Gasteiger partial charge in [0.2, 0.25) is 5.75 Å². The topological polar surface area (TPSA) is 83.5 Å². The number of carbonyl (C=O) groups excluding carboxylic acids is 1. The van der Waals surface area contributed by atoms with E-state index < -0.39 is 5.92 Å². The molecule has 0 radical (unpaired) electrons. The number of aromatic hydroxyl groups is 1. The first kappa shape index (κ1) is 20.2. The predicted octanol–water partition coefficient (Wildman–Crippen LogP) is 3.64. The second kappa shape index (κ2) is 8.34. The van der Waals surface area contributed by atoms with E-state index in [1.807, 2.05) is 6.07 Å². The highest BCUT2D eigenvalue weighted by atomic mass is 16.5. The molecule has 2 aliphatic rings. The third-order valence-corrected chi connectivity index (χ3v) is 5.53. The van der Waals surface area contributed by atoms with Crippen LogP contribution in [0.5, 0.6) is 34.5 Å². The number of Topliss-reactive ketones (excluding diaryl/α,β-unsaturated/α-hetero) is 1. The lowest BCUT2D eigenvalue weighted by Crippen LogP contribution is -2.30. The third kappa shape index (κ3) is 3.84. The number of rotatable bonds is 8. The molecule has 1 unspecified atom stereocenters. The number of methoxy groups -OCH3 is 3. The maximum Gasteiger partial charge on any atom is 0.204 e. The second-order valence-corrected chi connectivity index (χ2v) is 7.65. The molecule has 7 nitrogen and oxygen atoms in total. The van der Waals surface area contributed by atoms with Crippen molar-refractivity contribution in [1.29, 1.82) is 0 Å². The minimum atomic E-state index is -0.413. The van der Waals surface area contributed by atoms with Gasteiger partial charge in [0.05, 0.1) is 40.5 Å². The molecule has 1 fully saturated rings. The Hall–Kier alpha value is -3.09. The summed E-state index contributed by atoms with van der Waals surface area (Å²) in [6, 6.07) is 6.81. The number of phenols is 1. The van der Waals surface area contributed by atoms with Crippen molar-refractivity contribution in [3.63, 3.8) is 0 Å². The van der Waals surface area contributed by atoms with E-state index in [1.165, 1.54) is 14.2 Å². The molecule has 1 aliphatic carbocycles. The van der Waals surface area contributed by atoms with Gasteiger partial charge in [-0.3, -0.25) is 4.79 Å². The molecule has 0 spiro atoms. The SMILES string of the molecule is COc1ccc(CC2COc3cc(OC)c(OCC4CC4)c(OC)c3C2=O)cc1O. The summed E-state index contributed by atoms with van der Waals surface area (Å²) in [6.45, 7) is 0.794. The predicted molar refractivity (Wildman–Crippen MR) is 109 cm³/mol. The van der Waals surface area contributed by atoms with Crippen LogP contribution in [-0.2, 0) is 6.42 Å². The fraction of sp³-hybridized carbons (Fsp3) is 0.435. The Balaban J connectivity index is 1.63. The Morgan fingerprint density at radius 2 is 1.80 bits per heavy atom. The van der Waals surface area contributed by atoms with Gasteiger partial charge < -0.3 is 28.8 Å². The monoisotopic (exact) mass is 414 g/mol. The van der Waals surface area contributed by atoms with Crippen LogP contribution < -0.4 is 23.7 Å². The molecule has 1 saturated carbocycles. The van der Waals surface area contributed by atoms with E-state index in [4.69, 9.17) is 23.7 Å². The summed E-state index contributed by atoms with van der Waals surface area (Å²) in [5, 5.41) is 10.0. The van der Waals surface area contributed by atoms with E-state index in [1.54, 1.807) is 25.3 Å². The standard InChI is InChI=1S/C23H26O7/c1-26-17-7-6-14(9-16(17)24)8-15-12-29-18-10-19(27-2)22(30-11-13-4-5-13)23(28-3)20(18)21(15)25/h6-7,9-10,13,15,24H,4-5,8,11-12H2,1-3H3. The zero-order chi connectivity index (χ0) is 21.3. The van der Waals surface area contributed by atoms with E-state index in [2.05, 4.69) is 0 Å². The van der Waals surface area contributed by atoms with Crippen LogP contribution in [0, 0.1) is 11.8 Å². The second-order valence-electron chi connectivity index (χ2n) is 7.65. The van der Waals surface area contributed by atoms with Crippen molar-refractivity contribution in [2.45, 2.75) is 19.3 Å². The summed E-state index contributed by atoms with van der Waals surface area (Å²) >= 11 is 0. The summed E-state index contributed by atoms with van der Waals surface area (Å²) in [5.41, 5.74) is 1.19. The van der Waals surface area contributed by atoms with Crippen LogP contribution in [0.25, 0.3) is 0 Å². The van der Waals surface area contributed by atoms with Crippen molar-refractivity contribution in [3.8, 4) is 34.5 Å². The molecular weight excluding hydrogens is 388 g/mol. The molecule has 4 rings (SSSR count). The van der Waals surface area contributed by atoms with Gasteiger partial charge in [0.1, 0.15) is 11.3 Å². The fourth-order valence-corrected chi connectivity index (χ4v) is 3.68. The molecule has 1 atom stereocenters. The smallest absolute Gasteiger partial charge is 0.204 e. The maximum atomic E-state index is 13.4. The molecule has 0 amide bonds. The first-order chi connectivity index (χ1) is 14.5. The van der Waals surface area contributed by atoms with Gasteiger partial charge in [-0.25, -0.2) is 0 Å². The molecule has 30 heavy (non-hydrogen) atoms. The Morgan fingerprint density at radius 1 is 1.03 bits per heavy atom. The Bertz CT molecular complexity index is 949. The van der Waals surface area contributed by atoms with Crippen molar-refractivity contribution >= 4 is 5.78 Å². The van der Waals surface area contributed by atoms with Gasteiger partial charge in [0.25, 0.3) is 0 Å². The summed E-state index contributed by atoms with van der Waals surface area (Å²) in [6.07, 6.45) is 2.71. The van der Waals surface area contributed by atoms with Crippen molar-refractivity contribution in [3.05, 3.63) is 35.4 Å². The van der Waals surface area contributed by atoms with E-state index in [0.717, 1.165) is 18.4 Å². The first-order valence-corrected chi connectivity index (χ1v) is 10.00. The number of benzene rings is 2. The summed E-state index contributed by atoms with van der Waals surface area (Å²) in [7, 11) is 4.56. The molecule has 160 valence electrons. The van der Waals surface area contributed by atoms with Crippen LogP contribution in [0.2, 0.25) is 0 Å². The number of hydrogen-bond donors (Lipinski definition) is 1. The minimum absolute atomic E-state index is 0.0395. The minimum Gasteiger partial charge on any atom is -0.504 e. The maximum absolute atomic E-state index is 13.4. The van der Waals surface area contributed by atoms with E-state index in [9.17, 15) is 9.90 Å². The summed E-state index contributed by atoms with van der Waals surface area (Å²) in [5.74, 6) is 2.17. The van der Waals surface area contributed by atoms with Crippen molar-refractivity contribution in [2.24, 2.45) is 11.8 Å². The largest absolute Gasteiger partial charge is 0.504 e. The number of fused-ring (bicyclic) bond motifs is 1. The lowest BCUT2D eigenvalue weighted by molar-refractivity contribution is 0.0823. The number of ketones is 1. The summed E-state index contributed by atoms with van der Waals surface area (Å²) < 4.78 is 28.0. The number of carbonyl (C=O) groups is 1. The zero-order valence-corrected chi connectivity index (χ0v) is 17.4. The molecule has 0 bridgehead atoms. The molecule has 2 aromatic carbocycles. The lowest BCUT2D eigenvalue weighted by atomic mass is 9.88. The fourth-order valence-electron chi connectivity index (χ4n) is 3.68. The van der Waals surface area contributed by atoms with E-state index in [-0.39, 0.29) is 18.1 Å². The molecule has 1 aliphatic heterocycles. The molecular formula is C23H26O7. The quantitative estimate of drug-likeness (QED) is 0.706. The zero-order valence-electron chi connectivity index (χ0n) is 17.4.